The molecule has 0 radical (unpaired) electrons. The monoisotopic (exact) mass is 516 g/mol. The van der Waals surface area contributed by atoms with Crippen LogP contribution in [0.5, 0.6) is 5.75 Å². The van der Waals surface area contributed by atoms with Gasteiger partial charge in [0.05, 0.1) is 23.4 Å². The number of benzene rings is 2. The first kappa shape index (κ1) is 27.6. The third kappa shape index (κ3) is 7.51. The summed E-state index contributed by atoms with van der Waals surface area (Å²) >= 11 is 6.09. The Balaban J connectivity index is 1.48. The first-order valence-electron chi connectivity index (χ1n) is 12.4. The molecule has 1 aliphatic heterocycles. The lowest BCUT2D eigenvalue weighted by Gasteiger charge is -2.33. The molecule has 0 aromatic heterocycles. The molecule has 2 amide bonds. The zero-order chi connectivity index (χ0) is 26.2. The predicted molar refractivity (Wildman–Crippen MR) is 142 cm³/mol. The van der Waals surface area contributed by atoms with Gasteiger partial charge in [-0.2, -0.15) is 0 Å². The summed E-state index contributed by atoms with van der Waals surface area (Å²) in [4.78, 5) is 26.6. The Morgan fingerprint density at radius 2 is 1.78 bits per heavy atom. The van der Waals surface area contributed by atoms with Gasteiger partial charge in [-0.1, -0.05) is 49.7 Å². The van der Waals surface area contributed by atoms with E-state index < -0.39 is 6.09 Å². The van der Waals surface area contributed by atoms with Gasteiger partial charge in [-0.3, -0.25) is 4.79 Å². The third-order valence-corrected chi connectivity index (χ3v) is 7.09. The van der Waals surface area contributed by atoms with Gasteiger partial charge in [0.15, 0.2) is 0 Å². The number of methoxy groups -OCH3 is 1. The molecule has 1 unspecified atom stereocenters. The zero-order valence-electron chi connectivity index (χ0n) is 21.3. The minimum absolute atomic E-state index is 0.230. The number of nitrogens with one attached hydrogen (secondary N) is 1. The summed E-state index contributed by atoms with van der Waals surface area (Å²) in [6.07, 6.45) is 1.46. The highest BCUT2D eigenvalue weighted by Crippen LogP contribution is 2.29. The van der Waals surface area contributed by atoms with E-state index in [2.05, 4.69) is 36.2 Å². The SMILES string of the molecule is COc1cc(N)c(Cl)cc1C(=O)NCC1CCN(CCC(OC(N)=O)c2ccc(C(C)C)cc2)CC1. The van der Waals surface area contributed by atoms with E-state index in [4.69, 9.17) is 32.5 Å². The Morgan fingerprint density at radius 1 is 1.14 bits per heavy atom. The Labute approximate surface area is 218 Å². The van der Waals surface area contributed by atoms with Gasteiger partial charge in [0.25, 0.3) is 5.91 Å². The van der Waals surface area contributed by atoms with Gasteiger partial charge in [0.1, 0.15) is 11.9 Å². The van der Waals surface area contributed by atoms with Crippen molar-refractivity contribution in [2.75, 3.05) is 39.0 Å². The minimum Gasteiger partial charge on any atom is -0.496 e. The van der Waals surface area contributed by atoms with Crippen molar-refractivity contribution < 1.29 is 19.1 Å². The highest BCUT2D eigenvalue weighted by atomic mass is 35.5. The number of hydrogen-bond acceptors (Lipinski definition) is 6. The third-order valence-electron chi connectivity index (χ3n) is 6.76. The Bertz CT molecular complexity index is 1040. The lowest BCUT2D eigenvalue weighted by Crippen LogP contribution is -2.39. The van der Waals surface area contributed by atoms with Gasteiger partial charge in [-0.15, -0.1) is 0 Å². The fraction of sp³-hybridized carbons (Fsp3) is 0.481. The minimum atomic E-state index is -0.763. The van der Waals surface area contributed by atoms with Crippen molar-refractivity contribution in [1.82, 2.24) is 10.2 Å². The molecule has 1 heterocycles. The van der Waals surface area contributed by atoms with Gasteiger partial charge in [-0.05, 0) is 55.0 Å². The average molecular weight is 517 g/mol. The maximum Gasteiger partial charge on any atom is 0.405 e. The van der Waals surface area contributed by atoms with E-state index in [1.807, 2.05) is 12.1 Å². The van der Waals surface area contributed by atoms with Crippen LogP contribution < -0.4 is 21.5 Å². The number of piperidine rings is 1. The summed E-state index contributed by atoms with van der Waals surface area (Å²) in [5.41, 5.74) is 14.1. The summed E-state index contributed by atoms with van der Waals surface area (Å²) in [5.74, 6) is 0.982. The van der Waals surface area contributed by atoms with Gasteiger partial charge >= 0.3 is 6.09 Å². The number of amides is 2. The van der Waals surface area contributed by atoms with Crippen molar-refractivity contribution in [3.8, 4) is 5.75 Å². The number of halogens is 1. The first-order valence-corrected chi connectivity index (χ1v) is 12.7. The van der Waals surface area contributed by atoms with Crippen LogP contribution in [0.2, 0.25) is 5.02 Å². The molecule has 196 valence electrons. The number of rotatable bonds is 10. The second-order valence-corrected chi connectivity index (χ2v) is 10.0. The Morgan fingerprint density at radius 3 is 2.36 bits per heavy atom. The molecule has 1 fully saturated rings. The van der Waals surface area contributed by atoms with E-state index in [1.165, 1.54) is 18.7 Å². The van der Waals surface area contributed by atoms with Crippen molar-refractivity contribution in [3.63, 3.8) is 0 Å². The molecular weight excluding hydrogens is 480 g/mol. The van der Waals surface area contributed by atoms with E-state index in [1.54, 1.807) is 6.07 Å². The molecule has 1 aliphatic rings. The number of nitrogens with zero attached hydrogens (tertiary/aromatic N) is 1. The van der Waals surface area contributed by atoms with Gasteiger partial charge in [0.2, 0.25) is 0 Å². The molecular formula is C27H37ClN4O4. The molecule has 3 rings (SSSR count). The van der Waals surface area contributed by atoms with Crippen molar-refractivity contribution in [1.29, 1.82) is 0 Å². The molecule has 5 N–H and O–H groups in total. The topological polar surface area (TPSA) is 120 Å². The maximum absolute atomic E-state index is 12.7. The molecule has 0 aliphatic carbocycles. The van der Waals surface area contributed by atoms with Crippen molar-refractivity contribution in [2.45, 2.75) is 45.1 Å². The lowest BCUT2D eigenvalue weighted by atomic mass is 9.95. The zero-order valence-corrected chi connectivity index (χ0v) is 22.0. The number of primary amides is 1. The van der Waals surface area contributed by atoms with Crippen LogP contribution >= 0.6 is 11.6 Å². The average Bonchev–Trinajstić information content (AvgIpc) is 2.86. The van der Waals surface area contributed by atoms with Gasteiger partial charge in [0, 0.05) is 25.6 Å². The summed E-state index contributed by atoms with van der Waals surface area (Å²) in [7, 11) is 1.49. The maximum atomic E-state index is 12.7. The summed E-state index contributed by atoms with van der Waals surface area (Å²) in [6.45, 7) is 7.48. The number of ether oxygens (including phenoxy) is 2. The lowest BCUT2D eigenvalue weighted by molar-refractivity contribution is 0.0840. The molecule has 0 saturated carbocycles. The van der Waals surface area contributed by atoms with E-state index in [9.17, 15) is 9.59 Å². The van der Waals surface area contributed by atoms with E-state index in [-0.39, 0.29) is 12.0 Å². The first-order chi connectivity index (χ1) is 17.2. The van der Waals surface area contributed by atoms with Crippen LogP contribution in [0, 0.1) is 5.92 Å². The van der Waals surface area contributed by atoms with Crippen molar-refractivity contribution in [3.05, 3.63) is 58.1 Å². The molecule has 2 aromatic carbocycles. The Kier molecular flexibility index (Phi) is 9.84. The van der Waals surface area contributed by atoms with E-state index in [0.717, 1.165) is 38.0 Å². The van der Waals surface area contributed by atoms with Gasteiger partial charge < -0.3 is 31.2 Å². The highest BCUT2D eigenvalue weighted by Gasteiger charge is 2.23. The molecule has 9 heteroatoms. The van der Waals surface area contributed by atoms with Crippen LogP contribution in [0.3, 0.4) is 0 Å². The van der Waals surface area contributed by atoms with Crippen LogP contribution in [-0.4, -0.2) is 50.2 Å². The molecule has 1 saturated heterocycles. The number of carbonyl (C=O) groups excluding carboxylic acids is 2. The summed E-state index contributed by atoms with van der Waals surface area (Å²) in [5, 5.41) is 3.33. The number of nitrogen functional groups attached to an aromatic ring is 1. The van der Waals surface area contributed by atoms with E-state index in [0.29, 0.717) is 46.8 Å². The number of likely N-dealkylation sites (tertiary alicyclic amines) is 1. The smallest absolute Gasteiger partial charge is 0.405 e. The van der Waals surface area contributed by atoms with Crippen LogP contribution in [-0.2, 0) is 4.74 Å². The highest BCUT2D eigenvalue weighted by molar-refractivity contribution is 6.33. The van der Waals surface area contributed by atoms with Crippen LogP contribution in [0.4, 0.5) is 10.5 Å². The summed E-state index contributed by atoms with van der Waals surface area (Å²) in [6, 6.07) is 11.3. The summed E-state index contributed by atoms with van der Waals surface area (Å²) < 4.78 is 10.7. The van der Waals surface area contributed by atoms with Crippen molar-refractivity contribution >= 4 is 29.3 Å². The van der Waals surface area contributed by atoms with Crippen LogP contribution in [0.15, 0.2) is 36.4 Å². The Hall–Kier alpha value is -2.97. The fourth-order valence-corrected chi connectivity index (χ4v) is 4.65. The second-order valence-electron chi connectivity index (χ2n) is 9.60. The normalized spacial score (nSPS) is 15.5. The number of nitrogens with two attached hydrogens (primary N) is 2. The quantitative estimate of drug-likeness (QED) is 0.393. The number of hydrogen-bond donors (Lipinski definition) is 3. The molecule has 0 bridgehead atoms. The van der Waals surface area contributed by atoms with Crippen LogP contribution in [0.25, 0.3) is 0 Å². The van der Waals surface area contributed by atoms with Gasteiger partial charge in [-0.25, -0.2) is 4.79 Å². The largest absolute Gasteiger partial charge is 0.496 e. The number of carbonyl (C=O) groups is 2. The van der Waals surface area contributed by atoms with Crippen molar-refractivity contribution in [2.24, 2.45) is 11.7 Å². The van der Waals surface area contributed by atoms with E-state index >= 15 is 0 Å². The van der Waals surface area contributed by atoms with Crippen LogP contribution in [0.1, 0.15) is 66.6 Å². The second kappa shape index (κ2) is 12.8. The molecule has 36 heavy (non-hydrogen) atoms. The predicted octanol–water partition coefficient (Wildman–Crippen LogP) is 4.72. The number of anilines is 1. The molecule has 2 aromatic rings. The standard InChI is InChI=1S/C27H37ClN4O4/c1-17(2)19-4-6-20(7-5-19)24(36-27(30)34)10-13-32-11-8-18(9-12-32)16-31-26(33)21-14-22(28)23(29)15-25(21)35-3/h4-7,14-15,17-18,24H,8-13,16,29H2,1-3H3,(H2,30,34)(H,31,33). The molecule has 0 spiro atoms. The fourth-order valence-electron chi connectivity index (χ4n) is 4.49. The molecule has 8 nitrogen and oxygen atoms in total. The molecule has 1 atom stereocenters.